The zero-order valence-corrected chi connectivity index (χ0v) is 14.4. The summed E-state index contributed by atoms with van der Waals surface area (Å²) < 4.78 is 34.4. The van der Waals surface area contributed by atoms with Crippen LogP contribution in [0.25, 0.3) is 0 Å². The van der Waals surface area contributed by atoms with Gasteiger partial charge in [0.05, 0.1) is 12.8 Å². The van der Waals surface area contributed by atoms with Crippen molar-refractivity contribution in [1.82, 2.24) is 9.97 Å². The van der Waals surface area contributed by atoms with Crippen LogP contribution in [0.1, 0.15) is 32.5 Å². The van der Waals surface area contributed by atoms with Crippen LogP contribution in [-0.4, -0.2) is 31.1 Å². The second-order valence-corrected chi connectivity index (χ2v) is 6.71. The Hall–Kier alpha value is -2.55. The molecule has 2 rings (SSSR count). The SMILES string of the molecule is CCOC(=O)Nc1cccc(OS(=O)(=O)c2cnc(C(C)C)[nH]2)c1. The number of ether oxygens (including phenoxy) is 1. The first-order valence-electron chi connectivity index (χ1n) is 7.35. The predicted molar refractivity (Wildman–Crippen MR) is 87.6 cm³/mol. The van der Waals surface area contributed by atoms with E-state index in [0.717, 1.165) is 0 Å². The van der Waals surface area contributed by atoms with Crippen LogP contribution >= 0.6 is 0 Å². The number of hydrogen-bond donors (Lipinski definition) is 2. The highest BCUT2D eigenvalue weighted by Crippen LogP contribution is 2.22. The van der Waals surface area contributed by atoms with Crippen LogP contribution in [0.5, 0.6) is 5.75 Å². The number of carbonyl (C=O) groups is 1. The van der Waals surface area contributed by atoms with E-state index in [1.54, 1.807) is 19.1 Å². The molecular formula is C15H19N3O5S. The Balaban J connectivity index is 2.15. The molecule has 0 spiro atoms. The van der Waals surface area contributed by atoms with Crippen molar-refractivity contribution >= 4 is 21.9 Å². The van der Waals surface area contributed by atoms with Crippen molar-refractivity contribution in [2.75, 3.05) is 11.9 Å². The molecule has 0 radical (unpaired) electrons. The molecule has 1 aromatic carbocycles. The van der Waals surface area contributed by atoms with Gasteiger partial charge >= 0.3 is 16.2 Å². The minimum atomic E-state index is -4.04. The maximum absolute atomic E-state index is 12.3. The lowest BCUT2D eigenvalue weighted by Gasteiger charge is -2.08. The number of benzene rings is 1. The summed E-state index contributed by atoms with van der Waals surface area (Å²) >= 11 is 0. The maximum Gasteiger partial charge on any atom is 0.411 e. The van der Waals surface area contributed by atoms with E-state index in [0.29, 0.717) is 11.5 Å². The van der Waals surface area contributed by atoms with E-state index in [2.05, 4.69) is 15.3 Å². The standard InChI is InChI=1S/C15H19N3O5S/c1-4-22-15(19)17-11-6-5-7-12(8-11)23-24(20,21)13-9-16-14(18-13)10(2)3/h5-10H,4H2,1-3H3,(H,16,18)(H,17,19). The summed E-state index contributed by atoms with van der Waals surface area (Å²) in [4.78, 5) is 18.1. The molecule has 0 saturated carbocycles. The van der Waals surface area contributed by atoms with Gasteiger partial charge in [-0.1, -0.05) is 19.9 Å². The van der Waals surface area contributed by atoms with E-state index in [9.17, 15) is 13.2 Å². The molecule has 1 aromatic heterocycles. The quantitative estimate of drug-likeness (QED) is 0.773. The fourth-order valence-corrected chi connectivity index (χ4v) is 2.68. The van der Waals surface area contributed by atoms with Crippen molar-refractivity contribution in [2.45, 2.75) is 31.7 Å². The second-order valence-electron chi connectivity index (χ2n) is 5.20. The van der Waals surface area contributed by atoms with Crippen molar-refractivity contribution in [3.05, 3.63) is 36.3 Å². The summed E-state index contributed by atoms with van der Waals surface area (Å²) in [6, 6.07) is 5.99. The number of nitrogens with one attached hydrogen (secondary N) is 2. The molecule has 0 atom stereocenters. The number of aromatic amines is 1. The van der Waals surface area contributed by atoms with E-state index in [-0.39, 0.29) is 23.3 Å². The van der Waals surface area contributed by atoms with Gasteiger partial charge in [0.1, 0.15) is 11.6 Å². The fourth-order valence-electron chi connectivity index (χ4n) is 1.82. The fraction of sp³-hybridized carbons (Fsp3) is 0.333. The molecule has 0 aliphatic heterocycles. The summed E-state index contributed by atoms with van der Waals surface area (Å²) in [5, 5.41) is 2.34. The highest BCUT2D eigenvalue weighted by molar-refractivity contribution is 7.87. The summed E-state index contributed by atoms with van der Waals surface area (Å²) in [5.41, 5.74) is 0.355. The molecule has 0 bridgehead atoms. The third kappa shape index (κ3) is 4.48. The van der Waals surface area contributed by atoms with E-state index >= 15 is 0 Å². The molecule has 1 heterocycles. The number of rotatable bonds is 6. The van der Waals surface area contributed by atoms with E-state index in [1.807, 2.05) is 13.8 Å². The minimum absolute atomic E-state index is 0.0602. The van der Waals surface area contributed by atoms with E-state index < -0.39 is 16.2 Å². The zero-order valence-electron chi connectivity index (χ0n) is 13.6. The van der Waals surface area contributed by atoms with E-state index in [1.165, 1.54) is 18.3 Å². The van der Waals surface area contributed by atoms with Crippen molar-refractivity contribution in [3.8, 4) is 5.75 Å². The first kappa shape index (κ1) is 17.8. The number of carbonyl (C=O) groups excluding carboxylic acids is 1. The normalized spacial score (nSPS) is 11.3. The third-order valence-corrected chi connectivity index (χ3v) is 4.11. The molecule has 0 aliphatic carbocycles. The summed E-state index contributed by atoms with van der Waals surface area (Å²) in [5.74, 6) is 0.672. The molecule has 0 aliphatic rings. The molecule has 9 heteroatoms. The lowest BCUT2D eigenvalue weighted by molar-refractivity contribution is 0.168. The largest absolute Gasteiger partial charge is 0.450 e. The number of aromatic nitrogens is 2. The number of anilines is 1. The summed E-state index contributed by atoms with van der Waals surface area (Å²) in [7, 11) is -4.04. The van der Waals surface area contributed by atoms with Crippen LogP contribution in [0.3, 0.4) is 0 Å². The van der Waals surface area contributed by atoms with Crippen LogP contribution < -0.4 is 9.50 Å². The number of H-pyrrole nitrogens is 1. The summed E-state index contributed by atoms with van der Waals surface area (Å²) in [6.07, 6.45) is 0.582. The van der Waals surface area contributed by atoms with Crippen LogP contribution in [0.4, 0.5) is 10.5 Å². The minimum Gasteiger partial charge on any atom is -0.450 e. The maximum atomic E-state index is 12.3. The first-order valence-corrected chi connectivity index (χ1v) is 8.76. The van der Waals surface area contributed by atoms with Crippen LogP contribution in [0.2, 0.25) is 0 Å². The molecule has 0 saturated heterocycles. The third-order valence-electron chi connectivity index (χ3n) is 2.95. The molecule has 2 N–H and O–H groups in total. The van der Waals surface area contributed by atoms with Gasteiger partial charge in [0.15, 0.2) is 5.03 Å². The van der Waals surface area contributed by atoms with Crippen LogP contribution in [-0.2, 0) is 14.9 Å². The highest BCUT2D eigenvalue weighted by Gasteiger charge is 2.21. The molecule has 0 fully saturated rings. The predicted octanol–water partition coefficient (Wildman–Crippen LogP) is 2.87. The number of hydrogen-bond acceptors (Lipinski definition) is 6. The lowest BCUT2D eigenvalue weighted by atomic mass is 10.2. The topological polar surface area (TPSA) is 110 Å². The van der Waals surface area contributed by atoms with Crippen molar-refractivity contribution in [2.24, 2.45) is 0 Å². The molecular weight excluding hydrogens is 334 g/mol. The number of imidazole rings is 1. The monoisotopic (exact) mass is 353 g/mol. The Morgan fingerprint density at radius 1 is 1.38 bits per heavy atom. The molecule has 2 aromatic rings. The smallest absolute Gasteiger partial charge is 0.411 e. The Kier molecular flexibility index (Phi) is 5.45. The molecule has 8 nitrogen and oxygen atoms in total. The number of nitrogens with zero attached hydrogens (tertiary/aromatic N) is 1. The van der Waals surface area contributed by atoms with Gasteiger partial charge in [-0.25, -0.2) is 9.78 Å². The molecule has 1 amide bonds. The molecule has 0 unspecified atom stereocenters. The van der Waals surface area contributed by atoms with Crippen molar-refractivity contribution in [3.63, 3.8) is 0 Å². The van der Waals surface area contributed by atoms with E-state index in [4.69, 9.17) is 8.92 Å². The lowest BCUT2D eigenvalue weighted by Crippen LogP contribution is -2.14. The zero-order chi connectivity index (χ0) is 17.7. The Labute approximate surface area is 140 Å². The Bertz CT molecular complexity index is 814. The Morgan fingerprint density at radius 3 is 2.75 bits per heavy atom. The van der Waals surface area contributed by atoms with Gasteiger partial charge in [-0.15, -0.1) is 0 Å². The summed E-state index contributed by atoms with van der Waals surface area (Å²) in [6.45, 7) is 5.69. The van der Waals surface area contributed by atoms with Gasteiger partial charge < -0.3 is 13.9 Å². The van der Waals surface area contributed by atoms with Crippen molar-refractivity contribution < 1.29 is 22.1 Å². The van der Waals surface area contributed by atoms with Gasteiger partial charge in [-0.05, 0) is 19.1 Å². The van der Waals surface area contributed by atoms with Crippen molar-refractivity contribution in [1.29, 1.82) is 0 Å². The molecule has 24 heavy (non-hydrogen) atoms. The van der Waals surface area contributed by atoms with Crippen LogP contribution in [0, 0.1) is 0 Å². The van der Waals surface area contributed by atoms with Gasteiger partial charge in [0.2, 0.25) is 0 Å². The van der Waals surface area contributed by atoms with Crippen LogP contribution in [0.15, 0.2) is 35.5 Å². The van der Waals surface area contributed by atoms with Gasteiger partial charge in [0.25, 0.3) is 0 Å². The van der Waals surface area contributed by atoms with Gasteiger partial charge in [0, 0.05) is 17.7 Å². The number of amides is 1. The average Bonchev–Trinajstić information content (AvgIpc) is 2.98. The first-order chi connectivity index (χ1) is 11.3. The second kappa shape index (κ2) is 7.35. The van der Waals surface area contributed by atoms with Gasteiger partial charge in [-0.2, -0.15) is 8.42 Å². The molecule has 130 valence electrons. The Morgan fingerprint density at radius 2 is 2.12 bits per heavy atom. The highest BCUT2D eigenvalue weighted by atomic mass is 32.2. The average molecular weight is 353 g/mol. The van der Waals surface area contributed by atoms with Gasteiger partial charge in [-0.3, -0.25) is 5.32 Å².